The van der Waals surface area contributed by atoms with Gasteiger partial charge >= 0.3 is 0 Å². The Morgan fingerprint density at radius 2 is 1.38 bits per heavy atom. The number of hydrogen-bond acceptors (Lipinski definition) is 6. The van der Waals surface area contributed by atoms with Crippen molar-refractivity contribution >= 4 is 17.5 Å². The maximum absolute atomic E-state index is 4.72. The van der Waals surface area contributed by atoms with Crippen molar-refractivity contribution < 1.29 is 0 Å². The van der Waals surface area contributed by atoms with Crippen LogP contribution in [0.15, 0.2) is 30.5 Å². The summed E-state index contributed by atoms with van der Waals surface area (Å²) in [6.07, 6.45) is 4.36. The number of nitrogens with zero attached hydrogens (tertiary/aromatic N) is 6. The van der Waals surface area contributed by atoms with E-state index in [4.69, 9.17) is 9.97 Å². The molecule has 0 atom stereocenters. The van der Waals surface area contributed by atoms with Gasteiger partial charge in [0.05, 0.1) is 0 Å². The molecule has 2 aromatic rings. The molecule has 2 saturated heterocycles. The molecule has 0 spiro atoms. The first-order valence-corrected chi connectivity index (χ1v) is 9.70. The van der Waals surface area contributed by atoms with Crippen molar-refractivity contribution in [3.63, 3.8) is 0 Å². The average Bonchev–Trinajstić information content (AvgIpc) is 2.69. The van der Waals surface area contributed by atoms with Crippen LogP contribution in [0.4, 0.5) is 17.5 Å². The van der Waals surface area contributed by atoms with Crippen molar-refractivity contribution in [2.45, 2.75) is 26.7 Å². The third kappa shape index (κ3) is 3.74. The Bertz CT molecular complexity index is 718. The number of hydrogen-bond donors (Lipinski definition) is 0. The quantitative estimate of drug-likeness (QED) is 0.847. The fourth-order valence-electron chi connectivity index (χ4n) is 3.80. The molecule has 0 N–H and O–H groups in total. The minimum absolute atomic E-state index is 0.827. The van der Waals surface area contributed by atoms with Crippen LogP contribution in [0.25, 0.3) is 0 Å². The van der Waals surface area contributed by atoms with Crippen molar-refractivity contribution in [2.24, 2.45) is 5.92 Å². The van der Waals surface area contributed by atoms with Gasteiger partial charge in [-0.25, -0.2) is 15.0 Å². The fraction of sp³-hybridized carbons (Fsp3) is 0.550. The minimum Gasteiger partial charge on any atom is -0.356 e. The van der Waals surface area contributed by atoms with E-state index in [1.54, 1.807) is 0 Å². The van der Waals surface area contributed by atoms with Gasteiger partial charge in [0.15, 0.2) is 0 Å². The molecule has 2 aliphatic heterocycles. The van der Waals surface area contributed by atoms with Crippen LogP contribution in [0, 0.1) is 12.8 Å². The summed E-state index contributed by atoms with van der Waals surface area (Å²) in [5, 5.41) is 0. The fourth-order valence-corrected chi connectivity index (χ4v) is 3.80. The van der Waals surface area contributed by atoms with E-state index < -0.39 is 0 Å². The summed E-state index contributed by atoms with van der Waals surface area (Å²) in [6, 6.07) is 8.28. The van der Waals surface area contributed by atoms with Crippen LogP contribution in [-0.2, 0) is 0 Å². The molecule has 0 amide bonds. The van der Waals surface area contributed by atoms with Crippen LogP contribution < -0.4 is 14.7 Å². The number of pyridine rings is 1. The normalized spacial score (nSPS) is 19.1. The lowest BCUT2D eigenvalue weighted by Gasteiger charge is -2.37. The molecule has 0 aliphatic carbocycles. The van der Waals surface area contributed by atoms with Gasteiger partial charge in [-0.3, -0.25) is 0 Å². The summed E-state index contributed by atoms with van der Waals surface area (Å²) in [6.45, 7) is 10.4. The molecular weight excluding hydrogens is 324 g/mol. The largest absolute Gasteiger partial charge is 0.356 e. The third-order valence-electron chi connectivity index (χ3n) is 5.50. The van der Waals surface area contributed by atoms with Gasteiger partial charge in [-0.2, -0.15) is 0 Å². The van der Waals surface area contributed by atoms with Crippen molar-refractivity contribution in [1.29, 1.82) is 0 Å². The smallest absolute Gasteiger partial charge is 0.134 e. The molecule has 0 unspecified atom stereocenters. The second-order valence-corrected chi connectivity index (χ2v) is 7.46. The number of piperidine rings is 1. The lowest BCUT2D eigenvalue weighted by molar-refractivity contribution is 0.436. The highest BCUT2D eigenvalue weighted by Gasteiger charge is 2.22. The van der Waals surface area contributed by atoms with E-state index in [2.05, 4.69) is 38.7 Å². The van der Waals surface area contributed by atoms with Crippen molar-refractivity contribution in [2.75, 3.05) is 54.0 Å². The Morgan fingerprint density at radius 1 is 0.808 bits per heavy atom. The molecule has 6 nitrogen and oxygen atoms in total. The first-order valence-electron chi connectivity index (χ1n) is 9.70. The Balaban J connectivity index is 1.45. The zero-order chi connectivity index (χ0) is 17.9. The summed E-state index contributed by atoms with van der Waals surface area (Å²) in [5.41, 5.74) is 0. The number of piperazine rings is 1. The first kappa shape index (κ1) is 17.1. The second kappa shape index (κ2) is 7.48. The average molecular weight is 352 g/mol. The van der Waals surface area contributed by atoms with Gasteiger partial charge in [-0.1, -0.05) is 13.0 Å². The van der Waals surface area contributed by atoms with E-state index in [0.717, 1.165) is 68.5 Å². The molecule has 4 heterocycles. The highest BCUT2D eigenvalue weighted by atomic mass is 15.3. The Hall–Kier alpha value is -2.37. The molecule has 26 heavy (non-hydrogen) atoms. The molecule has 0 radical (unpaired) electrons. The molecule has 0 aromatic carbocycles. The van der Waals surface area contributed by atoms with Gasteiger partial charge in [-0.15, -0.1) is 0 Å². The number of aryl methyl sites for hydroxylation is 1. The van der Waals surface area contributed by atoms with Crippen molar-refractivity contribution in [3.05, 3.63) is 36.3 Å². The van der Waals surface area contributed by atoms with Crippen molar-refractivity contribution in [3.8, 4) is 0 Å². The Kier molecular flexibility index (Phi) is 4.91. The molecule has 2 fully saturated rings. The molecule has 2 aromatic heterocycles. The van der Waals surface area contributed by atoms with E-state index in [1.807, 2.05) is 25.3 Å². The van der Waals surface area contributed by atoms with Crippen LogP contribution in [0.5, 0.6) is 0 Å². The van der Waals surface area contributed by atoms with Gasteiger partial charge < -0.3 is 14.7 Å². The van der Waals surface area contributed by atoms with Gasteiger partial charge in [0.25, 0.3) is 0 Å². The second-order valence-electron chi connectivity index (χ2n) is 7.46. The number of rotatable bonds is 3. The third-order valence-corrected chi connectivity index (χ3v) is 5.50. The summed E-state index contributed by atoms with van der Waals surface area (Å²) in [4.78, 5) is 21.0. The zero-order valence-corrected chi connectivity index (χ0v) is 15.8. The minimum atomic E-state index is 0.827. The molecule has 138 valence electrons. The molecule has 6 heteroatoms. The Labute approximate surface area is 155 Å². The van der Waals surface area contributed by atoms with Crippen LogP contribution >= 0.6 is 0 Å². The van der Waals surface area contributed by atoms with Gasteiger partial charge in [0, 0.05) is 51.5 Å². The molecule has 0 bridgehead atoms. The monoisotopic (exact) mass is 352 g/mol. The number of aromatic nitrogens is 3. The lowest BCUT2D eigenvalue weighted by Crippen LogP contribution is -2.47. The maximum Gasteiger partial charge on any atom is 0.134 e. The van der Waals surface area contributed by atoms with Crippen LogP contribution in [0.1, 0.15) is 25.6 Å². The van der Waals surface area contributed by atoms with Crippen LogP contribution in [0.2, 0.25) is 0 Å². The molecular formula is C20H28N6. The van der Waals surface area contributed by atoms with Crippen LogP contribution in [-0.4, -0.2) is 54.2 Å². The molecule has 4 rings (SSSR count). The predicted molar refractivity (Wildman–Crippen MR) is 106 cm³/mol. The summed E-state index contributed by atoms with van der Waals surface area (Å²) < 4.78 is 0. The van der Waals surface area contributed by atoms with E-state index in [-0.39, 0.29) is 0 Å². The highest BCUT2D eigenvalue weighted by Crippen LogP contribution is 2.25. The molecule has 2 aliphatic rings. The SMILES string of the molecule is Cc1nc(N2CCC(C)CC2)cc(N2CCN(c3ccccn3)CC2)n1. The number of anilines is 3. The van der Waals surface area contributed by atoms with E-state index >= 15 is 0 Å². The molecule has 0 saturated carbocycles. The van der Waals surface area contributed by atoms with E-state index in [0.29, 0.717) is 0 Å². The topological polar surface area (TPSA) is 48.4 Å². The summed E-state index contributed by atoms with van der Waals surface area (Å²) in [5.74, 6) is 4.91. The first-order chi connectivity index (χ1) is 12.7. The summed E-state index contributed by atoms with van der Waals surface area (Å²) in [7, 11) is 0. The van der Waals surface area contributed by atoms with E-state index in [1.165, 1.54) is 12.8 Å². The lowest BCUT2D eigenvalue weighted by atomic mass is 9.99. The standard InChI is InChI=1S/C20H28N6/c1-16-6-9-24(10-7-16)19-15-20(23-17(2)22-19)26-13-11-25(12-14-26)18-5-3-4-8-21-18/h3-5,8,15-16H,6-7,9-14H2,1-2H3. The van der Waals surface area contributed by atoms with Crippen LogP contribution in [0.3, 0.4) is 0 Å². The zero-order valence-electron chi connectivity index (χ0n) is 15.8. The Morgan fingerprint density at radius 3 is 1.96 bits per heavy atom. The summed E-state index contributed by atoms with van der Waals surface area (Å²) >= 11 is 0. The maximum atomic E-state index is 4.72. The highest BCUT2D eigenvalue weighted by molar-refractivity contribution is 5.52. The van der Waals surface area contributed by atoms with Crippen molar-refractivity contribution in [1.82, 2.24) is 15.0 Å². The van der Waals surface area contributed by atoms with Gasteiger partial charge in [0.2, 0.25) is 0 Å². The van der Waals surface area contributed by atoms with Gasteiger partial charge in [-0.05, 0) is 37.8 Å². The van der Waals surface area contributed by atoms with E-state index in [9.17, 15) is 0 Å². The predicted octanol–water partition coefficient (Wildman–Crippen LogP) is 2.74. The van der Waals surface area contributed by atoms with Gasteiger partial charge in [0.1, 0.15) is 23.3 Å².